The van der Waals surface area contributed by atoms with Crippen molar-refractivity contribution in [3.8, 4) is 16.9 Å². The summed E-state index contributed by atoms with van der Waals surface area (Å²) in [6.07, 6.45) is 1.65. The van der Waals surface area contributed by atoms with Crippen LogP contribution < -0.4 is 10.1 Å². The van der Waals surface area contributed by atoms with E-state index in [-0.39, 0.29) is 0 Å². The summed E-state index contributed by atoms with van der Waals surface area (Å²) in [5.41, 5.74) is 1.50. The highest BCUT2D eigenvalue weighted by Crippen LogP contribution is 2.42. The molecule has 0 aliphatic carbocycles. The highest BCUT2D eigenvalue weighted by atomic mass is 79.9. The second-order valence-electron chi connectivity index (χ2n) is 3.94. The van der Waals surface area contributed by atoms with E-state index in [0.717, 1.165) is 8.95 Å². The van der Waals surface area contributed by atoms with Gasteiger partial charge in [0.25, 0.3) is 0 Å². The number of carbonyl (C=O) groups is 1. The van der Waals surface area contributed by atoms with Gasteiger partial charge in [-0.05, 0) is 28.1 Å². The lowest BCUT2D eigenvalue weighted by Gasteiger charge is -2.14. The number of carboxylic acid groups (broad SMARTS) is 1. The van der Waals surface area contributed by atoms with Crippen LogP contribution in [0.1, 0.15) is 0 Å². The Morgan fingerprint density at radius 1 is 1.33 bits per heavy atom. The molecular weight excluding hydrogens is 427 g/mol. The van der Waals surface area contributed by atoms with Crippen molar-refractivity contribution in [1.29, 1.82) is 0 Å². The van der Waals surface area contributed by atoms with Gasteiger partial charge in [-0.2, -0.15) is 0 Å². The first-order valence-corrected chi connectivity index (χ1v) is 7.57. The highest BCUT2D eigenvalue weighted by molar-refractivity contribution is 9.11. The second-order valence-corrected chi connectivity index (χ2v) is 6.06. The quantitative estimate of drug-likeness (QED) is 0.708. The third-order valence-corrected chi connectivity index (χ3v) is 4.21. The van der Waals surface area contributed by atoms with Crippen molar-refractivity contribution >= 4 is 55.2 Å². The Bertz CT molecular complexity index is 710. The van der Waals surface area contributed by atoms with Gasteiger partial charge in [0.05, 0.1) is 28.5 Å². The molecule has 1 aromatic carbocycles. The van der Waals surface area contributed by atoms with Gasteiger partial charge < -0.3 is 9.84 Å². The van der Waals surface area contributed by atoms with Gasteiger partial charge in [0, 0.05) is 21.8 Å². The predicted octanol–water partition coefficient (Wildman–Crippen LogP) is 5.03. The number of nitrogens with zero attached hydrogens (tertiary/aromatic N) is 1. The summed E-state index contributed by atoms with van der Waals surface area (Å²) in [7, 11) is 1.54. The molecule has 1 amide bonds. The van der Waals surface area contributed by atoms with Crippen LogP contribution in [0.15, 0.2) is 33.5 Å². The molecule has 0 saturated carbocycles. The summed E-state index contributed by atoms with van der Waals surface area (Å²) >= 11 is 13.0. The first-order valence-electron chi connectivity index (χ1n) is 5.61. The average molecular weight is 436 g/mol. The summed E-state index contributed by atoms with van der Waals surface area (Å²) < 4.78 is 6.76. The molecule has 2 aromatic rings. The monoisotopic (exact) mass is 434 g/mol. The molecule has 2 rings (SSSR count). The Balaban J connectivity index is 2.69. The second kappa shape index (κ2) is 6.64. The third kappa shape index (κ3) is 3.48. The van der Waals surface area contributed by atoms with Crippen LogP contribution in [0.5, 0.6) is 5.75 Å². The van der Waals surface area contributed by atoms with Gasteiger partial charge in [0.15, 0.2) is 0 Å². The van der Waals surface area contributed by atoms with Crippen LogP contribution in [-0.2, 0) is 0 Å². The number of nitrogens with one attached hydrogen (secondary N) is 1. The van der Waals surface area contributed by atoms with Crippen LogP contribution in [0.25, 0.3) is 11.1 Å². The van der Waals surface area contributed by atoms with Crippen LogP contribution in [0.3, 0.4) is 0 Å². The number of aromatic nitrogens is 1. The van der Waals surface area contributed by atoms with Gasteiger partial charge in [-0.15, -0.1) is 0 Å². The minimum atomic E-state index is -1.19. The molecular formula is C13H9Br2ClN2O3. The molecule has 5 nitrogen and oxygen atoms in total. The molecule has 8 heteroatoms. The third-order valence-electron chi connectivity index (χ3n) is 2.65. The Labute approximate surface area is 142 Å². The fraction of sp³-hybridized carbons (Fsp3) is 0.0769. The molecule has 0 aliphatic rings. The van der Waals surface area contributed by atoms with Gasteiger partial charge in [0.1, 0.15) is 5.75 Å². The fourth-order valence-corrected chi connectivity index (χ4v) is 3.41. The molecule has 1 heterocycles. The number of pyridine rings is 1. The maximum Gasteiger partial charge on any atom is 0.409 e. The Hall–Kier alpha value is -1.31. The van der Waals surface area contributed by atoms with Gasteiger partial charge in [-0.3, -0.25) is 10.3 Å². The lowest BCUT2D eigenvalue weighted by atomic mass is 10.0. The van der Waals surface area contributed by atoms with E-state index in [1.54, 1.807) is 19.2 Å². The minimum Gasteiger partial charge on any atom is -0.496 e. The van der Waals surface area contributed by atoms with Gasteiger partial charge in [-0.25, -0.2) is 4.79 Å². The van der Waals surface area contributed by atoms with E-state index in [1.165, 1.54) is 12.4 Å². The SMILES string of the molecule is COc1cc(-c2c(Cl)cncc2NC(=O)O)c(Br)cc1Br. The van der Waals surface area contributed by atoms with Crippen molar-refractivity contribution < 1.29 is 14.6 Å². The first-order chi connectivity index (χ1) is 9.93. The molecule has 0 saturated heterocycles. The number of hydrogen-bond acceptors (Lipinski definition) is 3. The van der Waals surface area contributed by atoms with Crippen LogP contribution >= 0.6 is 43.5 Å². The van der Waals surface area contributed by atoms with E-state index < -0.39 is 6.09 Å². The maximum atomic E-state index is 10.9. The minimum absolute atomic E-state index is 0.292. The van der Waals surface area contributed by atoms with Crippen molar-refractivity contribution in [2.24, 2.45) is 0 Å². The molecule has 0 radical (unpaired) electrons. The smallest absolute Gasteiger partial charge is 0.409 e. The molecule has 110 valence electrons. The molecule has 0 bridgehead atoms. The lowest BCUT2D eigenvalue weighted by molar-refractivity contribution is 0.210. The highest BCUT2D eigenvalue weighted by Gasteiger charge is 2.17. The number of halogens is 3. The molecule has 2 N–H and O–H groups in total. The molecule has 0 fully saturated rings. The molecule has 0 unspecified atom stereocenters. The average Bonchev–Trinajstić information content (AvgIpc) is 2.40. The lowest BCUT2D eigenvalue weighted by Crippen LogP contribution is -2.09. The number of rotatable bonds is 3. The molecule has 0 spiro atoms. The maximum absolute atomic E-state index is 10.9. The van der Waals surface area contributed by atoms with Crippen molar-refractivity contribution in [3.63, 3.8) is 0 Å². The standard InChI is InChI=1S/C13H9Br2ClN2O3/c1-21-11-2-6(7(14)3-8(11)15)12-9(16)4-17-5-10(12)18-13(19)20/h2-5,18H,1H3,(H,19,20). The van der Waals surface area contributed by atoms with Crippen molar-refractivity contribution in [2.75, 3.05) is 12.4 Å². The number of benzene rings is 1. The normalized spacial score (nSPS) is 10.3. The summed E-state index contributed by atoms with van der Waals surface area (Å²) in [5.74, 6) is 0.599. The summed E-state index contributed by atoms with van der Waals surface area (Å²) in [6.45, 7) is 0. The fourth-order valence-electron chi connectivity index (χ4n) is 1.80. The Morgan fingerprint density at radius 2 is 2.05 bits per heavy atom. The zero-order valence-electron chi connectivity index (χ0n) is 10.7. The summed E-state index contributed by atoms with van der Waals surface area (Å²) in [5, 5.41) is 11.5. The van der Waals surface area contributed by atoms with Crippen LogP contribution in [0.2, 0.25) is 5.02 Å². The van der Waals surface area contributed by atoms with Gasteiger partial charge >= 0.3 is 6.09 Å². The summed E-state index contributed by atoms with van der Waals surface area (Å²) in [6, 6.07) is 3.55. The van der Waals surface area contributed by atoms with Gasteiger partial charge in [-0.1, -0.05) is 27.5 Å². The van der Waals surface area contributed by atoms with Crippen molar-refractivity contribution in [2.45, 2.75) is 0 Å². The van der Waals surface area contributed by atoms with Crippen LogP contribution in [-0.4, -0.2) is 23.3 Å². The van der Waals surface area contributed by atoms with Crippen molar-refractivity contribution in [1.82, 2.24) is 4.98 Å². The zero-order chi connectivity index (χ0) is 15.6. The topological polar surface area (TPSA) is 71.5 Å². The number of hydrogen-bond donors (Lipinski definition) is 2. The number of ether oxygens (including phenoxy) is 1. The number of methoxy groups -OCH3 is 1. The molecule has 21 heavy (non-hydrogen) atoms. The number of anilines is 1. The largest absolute Gasteiger partial charge is 0.496 e. The zero-order valence-corrected chi connectivity index (χ0v) is 14.6. The molecule has 1 aromatic heterocycles. The predicted molar refractivity (Wildman–Crippen MR) is 88.3 cm³/mol. The molecule has 0 atom stereocenters. The van der Waals surface area contributed by atoms with Crippen molar-refractivity contribution in [3.05, 3.63) is 38.5 Å². The first kappa shape index (κ1) is 16.1. The van der Waals surface area contributed by atoms with E-state index in [4.69, 9.17) is 21.4 Å². The number of amides is 1. The Morgan fingerprint density at radius 3 is 2.67 bits per heavy atom. The van der Waals surface area contributed by atoms with Gasteiger partial charge in [0.2, 0.25) is 0 Å². The van der Waals surface area contributed by atoms with E-state index in [9.17, 15) is 4.79 Å². The van der Waals surface area contributed by atoms with E-state index in [0.29, 0.717) is 27.6 Å². The van der Waals surface area contributed by atoms with E-state index >= 15 is 0 Å². The summed E-state index contributed by atoms with van der Waals surface area (Å²) in [4.78, 5) is 14.8. The van der Waals surface area contributed by atoms with Crippen LogP contribution in [0, 0.1) is 0 Å². The van der Waals surface area contributed by atoms with E-state index in [2.05, 4.69) is 42.2 Å². The van der Waals surface area contributed by atoms with E-state index in [1.807, 2.05) is 0 Å². The van der Waals surface area contributed by atoms with Crippen LogP contribution in [0.4, 0.5) is 10.5 Å². The molecule has 0 aliphatic heterocycles. The Kier molecular flexibility index (Phi) is 5.08.